The molecule has 2 aliphatic carbocycles. The number of halogens is 2. The number of carbonyl (C=O) groups excluding carboxylic acids is 1. The summed E-state index contributed by atoms with van der Waals surface area (Å²) in [6.07, 6.45) is 12.7. The molecule has 2 aliphatic heterocycles. The Balaban J connectivity index is 1.27. The van der Waals surface area contributed by atoms with Crippen molar-refractivity contribution in [2.45, 2.75) is 44.1 Å². The number of fused-ring (bicyclic) bond motifs is 2. The molecular weight excluding hydrogens is 618 g/mol. The summed E-state index contributed by atoms with van der Waals surface area (Å²) in [5.41, 5.74) is 1.89. The molecule has 3 fully saturated rings. The monoisotopic (exact) mass is 658 g/mol. The first kappa shape index (κ1) is 32.4. The number of carbonyl (C=O) groups is 1. The van der Waals surface area contributed by atoms with Crippen LogP contribution in [-0.2, 0) is 20.7 Å². The number of benzene rings is 1. The average Bonchev–Trinajstić information content (AvgIpc) is 3.91. The van der Waals surface area contributed by atoms with E-state index in [9.17, 15) is 9.18 Å². The van der Waals surface area contributed by atoms with Gasteiger partial charge < -0.3 is 24.4 Å². The Hall–Kier alpha value is -4.18. The first-order valence-corrected chi connectivity index (χ1v) is 16.7. The van der Waals surface area contributed by atoms with Crippen molar-refractivity contribution in [3.05, 3.63) is 65.0 Å². The highest BCUT2D eigenvalue weighted by atomic mass is 19.1. The van der Waals surface area contributed by atoms with Gasteiger partial charge in [-0.3, -0.25) is 14.7 Å². The van der Waals surface area contributed by atoms with Crippen molar-refractivity contribution in [3.8, 4) is 18.4 Å². The van der Waals surface area contributed by atoms with Gasteiger partial charge in [0.05, 0.1) is 55.7 Å². The van der Waals surface area contributed by atoms with Crippen LogP contribution in [0.15, 0.2) is 31.0 Å². The van der Waals surface area contributed by atoms with E-state index >= 15 is 4.39 Å². The maximum absolute atomic E-state index is 16.9. The van der Waals surface area contributed by atoms with E-state index in [1.807, 2.05) is 4.90 Å². The van der Waals surface area contributed by atoms with Gasteiger partial charge in [-0.2, -0.15) is 9.97 Å². The van der Waals surface area contributed by atoms with Gasteiger partial charge in [-0.15, -0.1) is 6.42 Å². The van der Waals surface area contributed by atoms with Crippen LogP contribution in [0.5, 0.6) is 6.01 Å². The van der Waals surface area contributed by atoms with Gasteiger partial charge in [0.15, 0.2) is 5.82 Å². The first-order chi connectivity index (χ1) is 23.4. The van der Waals surface area contributed by atoms with Crippen LogP contribution in [0.3, 0.4) is 0 Å². The predicted octanol–water partition coefficient (Wildman–Crippen LogP) is 3.75. The Morgan fingerprint density at radius 1 is 1.19 bits per heavy atom. The Labute approximate surface area is 278 Å². The summed E-state index contributed by atoms with van der Waals surface area (Å²) < 4.78 is 49.4. The molecule has 10 nitrogen and oxygen atoms in total. The fraction of sp³-hybridized carbons (Fsp3) is 0.500. The van der Waals surface area contributed by atoms with Crippen molar-refractivity contribution >= 4 is 22.6 Å². The molecule has 1 aromatic carbocycles. The van der Waals surface area contributed by atoms with Crippen LogP contribution < -0.4 is 15.0 Å². The molecule has 1 saturated carbocycles. The van der Waals surface area contributed by atoms with Crippen molar-refractivity contribution in [2.24, 2.45) is 5.41 Å². The van der Waals surface area contributed by atoms with Gasteiger partial charge >= 0.3 is 6.01 Å². The molecule has 0 spiro atoms. The number of anilines is 1. The molecule has 0 bridgehead atoms. The summed E-state index contributed by atoms with van der Waals surface area (Å²) in [6, 6.07) is 2.82. The van der Waals surface area contributed by atoms with Gasteiger partial charge in [0, 0.05) is 50.3 Å². The number of ether oxygens (including phenoxy) is 3. The van der Waals surface area contributed by atoms with E-state index < -0.39 is 17.6 Å². The number of morpholine rings is 1. The molecule has 1 N–H and O–H groups in total. The molecule has 7 rings (SSSR count). The van der Waals surface area contributed by atoms with E-state index in [4.69, 9.17) is 25.6 Å². The smallest absolute Gasteiger partial charge is 0.319 e. The fourth-order valence-electron chi connectivity index (χ4n) is 7.22. The number of pyridine rings is 1. The number of aromatic nitrogens is 3. The number of nitrogens with zero attached hydrogens (tertiary/aromatic N) is 5. The maximum atomic E-state index is 16.9. The zero-order valence-electron chi connectivity index (χ0n) is 27.0. The molecule has 4 heterocycles. The molecular formula is C36H40F2N6O4. The lowest BCUT2D eigenvalue weighted by atomic mass is 9.78. The quantitative estimate of drug-likeness (QED) is 0.272. The molecule has 2 saturated heterocycles. The van der Waals surface area contributed by atoms with Crippen molar-refractivity contribution < 1.29 is 27.8 Å². The number of amides is 1. The molecule has 0 radical (unpaired) electrons. The van der Waals surface area contributed by atoms with E-state index in [1.165, 1.54) is 12.1 Å². The normalized spacial score (nSPS) is 22.3. The SMILES string of the molecule is C#Cc1c(F)ccc2c1[C@H](c1ncc3c(N4CCOCC(NC(=O)C=C)C4)nc(OCC4(CN5CCOCC5)CC4)nc3c1F)CCC2. The Bertz CT molecular complexity index is 1750. The number of hydrogen-bond donors (Lipinski definition) is 1. The van der Waals surface area contributed by atoms with Crippen molar-refractivity contribution in [1.29, 1.82) is 0 Å². The summed E-state index contributed by atoms with van der Waals surface area (Å²) in [5, 5.41) is 3.31. The van der Waals surface area contributed by atoms with Gasteiger partial charge in [0.25, 0.3) is 0 Å². The van der Waals surface area contributed by atoms with Gasteiger partial charge in [0.1, 0.15) is 17.2 Å². The molecule has 1 amide bonds. The number of nitrogens with one attached hydrogen (secondary N) is 1. The highest BCUT2D eigenvalue weighted by molar-refractivity contribution is 5.90. The van der Waals surface area contributed by atoms with E-state index in [-0.39, 0.29) is 40.1 Å². The first-order valence-electron chi connectivity index (χ1n) is 16.7. The number of rotatable bonds is 9. The van der Waals surface area contributed by atoms with E-state index in [0.717, 1.165) is 64.1 Å². The standard InChI is InChI=1S/C36H40F2N6O4/c1-3-25-28(37)9-8-23-6-5-7-26(30(23)25)32-31(38)33-27(18-39-32)34(44-14-17-47-20-24(19-44)40-29(45)4-2)42-35(41-33)48-22-36(10-11-36)21-43-12-15-46-16-13-43/h1,4,8-9,18,24,26H,2,5-7,10-17,19-22H2,(H,40,45)/t24?,26-/m1/s1. The lowest BCUT2D eigenvalue weighted by molar-refractivity contribution is -0.117. The third kappa shape index (κ3) is 6.59. The van der Waals surface area contributed by atoms with Crippen molar-refractivity contribution in [2.75, 3.05) is 70.7 Å². The summed E-state index contributed by atoms with van der Waals surface area (Å²) in [5.74, 6) is 0.980. The minimum absolute atomic E-state index is 0.0181. The number of terminal acetylenes is 1. The fourth-order valence-corrected chi connectivity index (χ4v) is 7.22. The average molecular weight is 659 g/mol. The van der Waals surface area contributed by atoms with Crippen molar-refractivity contribution in [3.63, 3.8) is 0 Å². The molecule has 2 atom stereocenters. The van der Waals surface area contributed by atoms with Gasteiger partial charge in [0.2, 0.25) is 5.91 Å². The highest BCUT2D eigenvalue weighted by Gasteiger charge is 2.45. The van der Waals surface area contributed by atoms with E-state index in [0.29, 0.717) is 56.1 Å². The molecule has 48 heavy (non-hydrogen) atoms. The van der Waals surface area contributed by atoms with Crippen LogP contribution in [-0.4, -0.2) is 97.6 Å². The molecule has 12 heteroatoms. The van der Waals surface area contributed by atoms with Crippen LogP contribution in [0, 0.1) is 29.4 Å². The minimum Gasteiger partial charge on any atom is -0.463 e. The second kappa shape index (κ2) is 13.7. The summed E-state index contributed by atoms with van der Waals surface area (Å²) in [4.78, 5) is 30.6. The zero-order chi connectivity index (χ0) is 33.3. The summed E-state index contributed by atoms with van der Waals surface area (Å²) >= 11 is 0. The van der Waals surface area contributed by atoms with Gasteiger partial charge in [-0.25, -0.2) is 8.78 Å². The van der Waals surface area contributed by atoms with Crippen molar-refractivity contribution in [1.82, 2.24) is 25.2 Å². The lowest BCUT2D eigenvalue weighted by Crippen LogP contribution is -2.44. The van der Waals surface area contributed by atoms with Crippen LogP contribution in [0.4, 0.5) is 14.6 Å². The lowest BCUT2D eigenvalue weighted by Gasteiger charge is -2.30. The number of aryl methyl sites for hydroxylation is 1. The third-order valence-electron chi connectivity index (χ3n) is 9.94. The number of hydrogen-bond acceptors (Lipinski definition) is 9. The summed E-state index contributed by atoms with van der Waals surface area (Å²) in [7, 11) is 0. The third-order valence-corrected chi connectivity index (χ3v) is 9.94. The Kier molecular flexibility index (Phi) is 9.27. The predicted molar refractivity (Wildman–Crippen MR) is 176 cm³/mol. The summed E-state index contributed by atoms with van der Waals surface area (Å²) in [6.45, 7) is 9.53. The second-order valence-electron chi connectivity index (χ2n) is 13.2. The molecule has 2 aromatic heterocycles. The molecule has 252 valence electrons. The van der Waals surface area contributed by atoms with Gasteiger partial charge in [-0.05, 0) is 55.4 Å². The van der Waals surface area contributed by atoms with Crippen LogP contribution in [0.2, 0.25) is 0 Å². The Morgan fingerprint density at radius 3 is 2.77 bits per heavy atom. The molecule has 1 unspecified atom stereocenters. The molecule has 4 aliphatic rings. The van der Waals surface area contributed by atoms with E-state index in [1.54, 1.807) is 12.3 Å². The topological polar surface area (TPSA) is 102 Å². The maximum Gasteiger partial charge on any atom is 0.319 e. The van der Waals surface area contributed by atoms with E-state index in [2.05, 4.69) is 32.7 Å². The van der Waals surface area contributed by atoms with Crippen LogP contribution >= 0.6 is 0 Å². The second-order valence-corrected chi connectivity index (χ2v) is 13.2. The highest BCUT2D eigenvalue weighted by Crippen LogP contribution is 2.47. The van der Waals surface area contributed by atoms with Crippen LogP contribution in [0.1, 0.15) is 54.0 Å². The minimum atomic E-state index is -0.608. The largest absolute Gasteiger partial charge is 0.463 e. The molecule has 3 aromatic rings. The Morgan fingerprint density at radius 2 is 2.00 bits per heavy atom. The van der Waals surface area contributed by atoms with Gasteiger partial charge in [-0.1, -0.05) is 18.6 Å². The zero-order valence-corrected chi connectivity index (χ0v) is 27.0. The van der Waals surface area contributed by atoms with Crippen LogP contribution in [0.25, 0.3) is 10.9 Å².